The Morgan fingerprint density at radius 3 is 2.68 bits per heavy atom. The Balaban J connectivity index is 1.93. The van der Waals surface area contributed by atoms with Crippen LogP contribution in [0.4, 0.5) is 0 Å². The summed E-state index contributed by atoms with van der Waals surface area (Å²) in [5.41, 5.74) is 9.57. The van der Waals surface area contributed by atoms with E-state index in [2.05, 4.69) is 30.8 Å². The maximum Gasteiger partial charge on any atom is 0.0798 e. The summed E-state index contributed by atoms with van der Waals surface area (Å²) in [6, 6.07) is 0. The number of hydrogen-bond acceptors (Lipinski definition) is 4. The molecule has 0 saturated heterocycles. The van der Waals surface area contributed by atoms with Crippen LogP contribution >= 0.6 is 11.3 Å². The van der Waals surface area contributed by atoms with E-state index in [1.54, 1.807) is 11.3 Å². The molecule has 1 aliphatic rings. The molecule has 108 valence electrons. The quantitative estimate of drug-likeness (QED) is 0.902. The van der Waals surface area contributed by atoms with Crippen molar-refractivity contribution in [3.05, 3.63) is 16.1 Å². The molecule has 1 fully saturated rings. The third kappa shape index (κ3) is 3.77. The lowest BCUT2D eigenvalue weighted by Gasteiger charge is -2.41. The molecule has 4 heteroatoms. The predicted molar refractivity (Wildman–Crippen MR) is 82.3 cm³/mol. The zero-order valence-corrected chi connectivity index (χ0v) is 13.3. The second-order valence-corrected chi connectivity index (χ2v) is 7.36. The normalized spacial score (nSPS) is 27.9. The van der Waals surface area contributed by atoms with Crippen LogP contribution in [-0.4, -0.2) is 30.0 Å². The summed E-state index contributed by atoms with van der Waals surface area (Å²) in [5.74, 6) is 0.883. The lowest BCUT2D eigenvalue weighted by molar-refractivity contribution is 0.105. The smallest absolute Gasteiger partial charge is 0.0798 e. The van der Waals surface area contributed by atoms with Gasteiger partial charge in [-0.15, -0.1) is 11.3 Å². The lowest BCUT2D eigenvalue weighted by Crippen LogP contribution is -2.43. The van der Waals surface area contributed by atoms with Crippen molar-refractivity contribution in [2.45, 2.75) is 46.1 Å². The van der Waals surface area contributed by atoms with Crippen LogP contribution in [0.15, 0.2) is 5.51 Å². The highest BCUT2D eigenvalue weighted by atomic mass is 32.1. The van der Waals surface area contributed by atoms with E-state index >= 15 is 0 Å². The van der Waals surface area contributed by atoms with Crippen LogP contribution in [0.5, 0.6) is 0 Å². The molecular formula is C15H27N3S. The highest BCUT2D eigenvalue weighted by Crippen LogP contribution is 2.38. The SMILES string of the molecule is Cc1ncsc1CN(C)CC1(CN)CCC(C)CC1. The van der Waals surface area contributed by atoms with Crippen LogP contribution in [0.2, 0.25) is 0 Å². The van der Waals surface area contributed by atoms with Gasteiger partial charge in [0, 0.05) is 18.0 Å². The van der Waals surface area contributed by atoms with Crippen molar-refractivity contribution in [2.24, 2.45) is 17.1 Å². The average molecular weight is 281 g/mol. The molecular weight excluding hydrogens is 254 g/mol. The van der Waals surface area contributed by atoms with E-state index in [0.717, 1.165) is 25.6 Å². The number of aromatic nitrogens is 1. The molecule has 2 N–H and O–H groups in total. The minimum absolute atomic E-state index is 0.347. The molecule has 0 spiro atoms. The largest absolute Gasteiger partial charge is 0.330 e. The van der Waals surface area contributed by atoms with Gasteiger partial charge in [-0.2, -0.15) is 0 Å². The highest BCUT2D eigenvalue weighted by molar-refractivity contribution is 7.09. The monoisotopic (exact) mass is 281 g/mol. The summed E-state index contributed by atoms with van der Waals surface area (Å²) in [5, 5.41) is 0. The van der Waals surface area contributed by atoms with Crippen LogP contribution in [-0.2, 0) is 6.54 Å². The molecule has 0 atom stereocenters. The lowest BCUT2D eigenvalue weighted by atomic mass is 9.70. The Morgan fingerprint density at radius 1 is 1.47 bits per heavy atom. The van der Waals surface area contributed by atoms with Crippen molar-refractivity contribution >= 4 is 11.3 Å². The molecule has 0 amide bonds. The van der Waals surface area contributed by atoms with Gasteiger partial charge in [0.2, 0.25) is 0 Å². The third-order valence-electron chi connectivity index (χ3n) is 4.63. The van der Waals surface area contributed by atoms with Crippen molar-refractivity contribution < 1.29 is 0 Å². The van der Waals surface area contributed by atoms with E-state index in [1.165, 1.54) is 36.3 Å². The van der Waals surface area contributed by atoms with Crippen molar-refractivity contribution in [3.63, 3.8) is 0 Å². The van der Waals surface area contributed by atoms with Gasteiger partial charge < -0.3 is 10.6 Å². The Labute approximate surface area is 121 Å². The van der Waals surface area contributed by atoms with Crippen molar-refractivity contribution in [2.75, 3.05) is 20.1 Å². The zero-order chi connectivity index (χ0) is 13.9. The van der Waals surface area contributed by atoms with Crippen molar-refractivity contribution in [1.82, 2.24) is 9.88 Å². The number of rotatable bonds is 5. The third-order valence-corrected chi connectivity index (χ3v) is 5.55. The summed E-state index contributed by atoms with van der Waals surface area (Å²) in [6.45, 7) is 7.42. The molecule has 2 rings (SSSR count). The van der Waals surface area contributed by atoms with E-state index in [9.17, 15) is 0 Å². The summed E-state index contributed by atoms with van der Waals surface area (Å²) in [6.07, 6.45) is 5.25. The van der Waals surface area contributed by atoms with E-state index in [1.807, 2.05) is 5.51 Å². The molecule has 1 heterocycles. The van der Waals surface area contributed by atoms with Gasteiger partial charge in [0.1, 0.15) is 0 Å². The molecule has 0 bridgehead atoms. The van der Waals surface area contributed by atoms with Gasteiger partial charge in [0.15, 0.2) is 0 Å². The van der Waals surface area contributed by atoms with Gasteiger partial charge in [-0.3, -0.25) is 0 Å². The molecule has 19 heavy (non-hydrogen) atoms. The number of nitrogens with two attached hydrogens (primary N) is 1. The van der Waals surface area contributed by atoms with Crippen molar-refractivity contribution in [1.29, 1.82) is 0 Å². The first-order valence-corrected chi connectivity index (χ1v) is 8.20. The van der Waals surface area contributed by atoms with Crippen LogP contribution < -0.4 is 5.73 Å². The van der Waals surface area contributed by atoms with Gasteiger partial charge in [-0.1, -0.05) is 19.8 Å². The molecule has 1 saturated carbocycles. The van der Waals surface area contributed by atoms with Gasteiger partial charge in [-0.05, 0) is 44.7 Å². The minimum Gasteiger partial charge on any atom is -0.330 e. The Morgan fingerprint density at radius 2 is 2.16 bits per heavy atom. The Hall–Kier alpha value is -0.450. The second-order valence-electron chi connectivity index (χ2n) is 6.42. The van der Waals surface area contributed by atoms with E-state index < -0.39 is 0 Å². The first kappa shape index (κ1) is 14.9. The van der Waals surface area contributed by atoms with Gasteiger partial charge in [-0.25, -0.2) is 4.98 Å². The molecule has 0 aliphatic heterocycles. The molecule has 1 aromatic heterocycles. The van der Waals surface area contributed by atoms with Crippen LogP contribution in [0.25, 0.3) is 0 Å². The van der Waals surface area contributed by atoms with Gasteiger partial charge in [0.05, 0.1) is 11.2 Å². The zero-order valence-electron chi connectivity index (χ0n) is 12.5. The van der Waals surface area contributed by atoms with Crippen molar-refractivity contribution in [3.8, 4) is 0 Å². The van der Waals surface area contributed by atoms with Crippen LogP contribution in [0.1, 0.15) is 43.2 Å². The van der Waals surface area contributed by atoms with Crippen LogP contribution in [0, 0.1) is 18.3 Å². The predicted octanol–water partition coefficient (Wildman–Crippen LogP) is 3.04. The first-order chi connectivity index (χ1) is 9.04. The fourth-order valence-corrected chi connectivity index (χ4v) is 4.01. The molecule has 0 aromatic carbocycles. The summed E-state index contributed by atoms with van der Waals surface area (Å²) >= 11 is 1.76. The topological polar surface area (TPSA) is 42.2 Å². The number of aryl methyl sites for hydroxylation is 1. The maximum atomic E-state index is 6.10. The molecule has 0 radical (unpaired) electrons. The minimum atomic E-state index is 0.347. The summed E-state index contributed by atoms with van der Waals surface area (Å²) < 4.78 is 0. The van der Waals surface area contributed by atoms with E-state index in [-0.39, 0.29) is 0 Å². The van der Waals surface area contributed by atoms with E-state index in [4.69, 9.17) is 5.73 Å². The maximum absolute atomic E-state index is 6.10. The highest BCUT2D eigenvalue weighted by Gasteiger charge is 2.33. The molecule has 1 aromatic rings. The molecule has 3 nitrogen and oxygen atoms in total. The molecule has 1 aliphatic carbocycles. The average Bonchev–Trinajstić information content (AvgIpc) is 2.78. The number of nitrogens with zero attached hydrogens (tertiary/aromatic N) is 2. The second kappa shape index (κ2) is 6.33. The fourth-order valence-electron chi connectivity index (χ4n) is 3.15. The standard InChI is InChI=1S/C15H27N3S/c1-12-4-6-15(9-16,7-5-12)10-18(3)8-14-13(2)17-11-19-14/h11-12H,4-10,16H2,1-3H3. The Kier molecular flexibility index (Phi) is 4.98. The molecule has 0 unspecified atom stereocenters. The fraction of sp³-hybridized carbons (Fsp3) is 0.800. The van der Waals surface area contributed by atoms with Crippen LogP contribution in [0.3, 0.4) is 0 Å². The summed E-state index contributed by atoms with van der Waals surface area (Å²) in [4.78, 5) is 8.15. The van der Waals surface area contributed by atoms with Gasteiger partial charge in [0.25, 0.3) is 0 Å². The first-order valence-electron chi connectivity index (χ1n) is 7.32. The van der Waals surface area contributed by atoms with Gasteiger partial charge >= 0.3 is 0 Å². The number of thiazole rings is 1. The van der Waals surface area contributed by atoms with E-state index in [0.29, 0.717) is 5.41 Å². The Bertz CT molecular complexity index is 394. The number of hydrogen-bond donors (Lipinski definition) is 1. The summed E-state index contributed by atoms with van der Waals surface area (Å²) in [7, 11) is 2.22.